The van der Waals surface area contributed by atoms with Crippen molar-refractivity contribution in [2.75, 3.05) is 43.1 Å². The number of benzene rings is 10. The number of rotatable bonds is 16. The molecule has 0 saturated carbocycles. The first-order valence-corrected chi connectivity index (χ1v) is 24.3. The van der Waals surface area contributed by atoms with E-state index in [0.29, 0.717) is 0 Å². The fourth-order valence-corrected chi connectivity index (χ4v) is 9.19. The summed E-state index contributed by atoms with van der Waals surface area (Å²) in [5, 5.41) is 0. The van der Waals surface area contributed by atoms with Gasteiger partial charge in [-0.3, -0.25) is 0 Å². The highest BCUT2D eigenvalue weighted by Crippen LogP contribution is 2.42. The Morgan fingerprint density at radius 1 is 0.205 bits per heavy atom. The fraction of sp³-hybridized carbons (Fsp3) is 0.0909. The second-order valence-corrected chi connectivity index (χ2v) is 17.9. The number of hydrogen-bond donors (Lipinski definition) is 0. The molecule has 7 nitrogen and oxygen atoms in total. The summed E-state index contributed by atoms with van der Waals surface area (Å²) in [7, 11) is 6.77. The number of nitrogens with zero attached hydrogens (tertiary/aromatic N) is 3. The van der Waals surface area contributed by atoms with Gasteiger partial charge in [0.15, 0.2) is 0 Å². The van der Waals surface area contributed by atoms with Crippen LogP contribution >= 0.6 is 0 Å². The smallest absolute Gasteiger partial charge is 0.119 e. The van der Waals surface area contributed by atoms with Crippen LogP contribution in [0.25, 0.3) is 33.4 Å². The Kier molecular flexibility index (Phi) is 13.9. The molecule has 0 bridgehead atoms. The Morgan fingerprint density at radius 3 is 0.548 bits per heavy atom. The van der Waals surface area contributed by atoms with Gasteiger partial charge in [-0.2, -0.15) is 0 Å². The predicted molar refractivity (Wildman–Crippen MR) is 302 cm³/mol. The summed E-state index contributed by atoms with van der Waals surface area (Å²) in [5.74, 6) is 3.23. The van der Waals surface area contributed by atoms with Gasteiger partial charge in [-0.25, -0.2) is 0 Å². The van der Waals surface area contributed by atoms with Crippen molar-refractivity contribution in [1.29, 1.82) is 0 Å². The molecule has 0 aliphatic rings. The number of hydrogen-bond acceptors (Lipinski definition) is 7. The minimum atomic E-state index is 0.801. The van der Waals surface area contributed by atoms with Gasteiger partial charge in [0.05, 0.1) is 28.4 Å². The molecule has 360 valence electrons. The van der Waals surface area contributed by atoms with Crippen LogP contribution in [0.4, 0.5) is 51.2 Å². The van der Waals surface area contributed by atoms with E-state index in [0.717, 1.165) is 108 Å². The van der Waals surface area contributed by atoms with Gasteiger partial charge in [0.2, 0.25) is 0 Å². The van der Waals surface area contributed by atoms with Crippen LogP contribution in [0.3, 0.4) is 0 Å². The van der Waals surface area contributed by atoms with E-state index >= 15 is 0 Å². The van der Waals surface area contributed by atoms with E-state index in [9.17, 15) is 0 Å². The maximum atomic E-state index is 5.52. The second-order valence-electron chi connectivity index (χ2n) is 17.9. The average molecular weight is 956 g/mol. The van der Waals surface area contributed by atoms with Crippen molar-refractivity contribution in [3.8, 4) is 56.4 Å². The second kappa shape index (κ2) is 21.4. The van der Waals surface area contributed by atoms with Crippen molar-refractivity contribution in [2.24, 2.45) is 0 Å². The third-order valence-electron chi connectivity index (χ3n) is 13.2. The Morgan fingerprint density at radius 2 is 0.370 bits per heavy atom. The monoisotopic (exact) mass is 955 g/mol. The molecule has 0 amide bonds. The summed E-state index contributed by atoms with van der Waals surface area (Å²) in [4.78, 5) is 6.80. The lowest BCUT2D eigenvalue weighted by molar-refractivity contribution is 0.414. The molecule has 10 rings (SSSR count). The van der Waals surface area contributed by atoms with Crippen LogP contribution < -0.4 is 33.6 Å². The highest BCUT2D eigenvalue weighted by Gasteiger charge is 2.18. The normalized spacial score (nSPS) is 10.9. The maximum Gasteiger partial charge on any atom is 0.119 e. The molecule has 0 atom stereocenters. The SMILES string of the molecule is COc1ccc(N(c2ccc(C)cc2)c2ccc(-c3cc(-c4ccc(N(c5ccc(C)cc5)c5ccc(OC)cc5)cc4)cc(-c4ccc(N(c5ccc(OC)cc5)c5ccc(OC)cc5)cc4)c3)cc2)cc1. The summed E-state index contributed by atoms with van der Waals surface area (Å²) in [6, 6.07) is 83.5. The first-order valence-electron chi connectivity index (χ1n) is 24.3. The summed E-state index contributed by atoms with van der Waals surface area (Å²) >= 11 is 0. The number of anilines is 9. The molecule has 0 aromatic heterocycles. The molecule has 0 unspecified atom stereocenters. The molecule has 0 radical (unpaired) electrons. The summed E-state index contributed by atoms with van der Waals surface area (Å²) in [6.45, 7) is 4.23. The molecular weight excluding hydrogens is 899 g/mol. The Balaban J connectivity index is 1.05. The molecule has 73 heavy (non-hydrogen) atoms. The van der Waals surface area contributed by atoms with Crippen LogP contribution in [0, 0.1) is 13.8 Å². The minimum absolute atomic E-state index is 0.801. The molecule has 0 saturated heterocycles. The van der Waals surface area contributed by atoms with Crippen molar-refractivity contribution in [1.82, 2.24) is 0 Å². The topological polar surface area (TPSA) is 46.6 Å². The van der Waals surface area contributed by atoms with Crippen molar-refractivity contribution in [2.45, 2.75) is 13.8 Å². The van der Waals surface area contributed by atoms with Crippen molar-refractivity contribution < 1.29 is 18.9 Å². The first kappa shape index (κ1) is 47.5. The first-order chi connectivity index (χ1) is 35.8. The quantitative estimate of drug-likeness (QED) is 0.0956. The van der Waals surface area contributed by atoms with Crippen LogP contribution in [0.2, 0.25) is 0 Å². The van der Waals surface area contributed by atoms with E-state index in [1.54, 1.807) is 28.4 Å². The lowest BCUT2D eigenvalue weighted by Gasteiger charge is -2.26. The van der Waals surface area contributed by atoms with E-state index in [1.807, 2.05) is 48.5 Å². The number of methoxy groups -OCH3 is 4. The van der Waals surface area contributed by atoms with Crippen molar-refractivity contribution in [3.63, 3.8) is 0 Å². The Hall–Kier alpha value is -9.20. The lowest BCUT2D eigenvalue weighted by Crippen LogP contribution is -2.10. The van der Waals surface area contributed by atoms with Gasteiger partial charge in [-0.05, 0) is 223 Å². The number of aryl methyl sites for hydroxylation is 2. The van der Waals surface area contributed by atoms with E-state index in [4.69, 9.17) is 18.9 Å². The maximum absolute atomic E-state index is 5.52. The van der Waals surface area contributed by atoms with Gasteiger partial charge in [0.25, 0.3) is 0 Å². The number of ether oxygens (including phenoxy) is 4. The van der Waals surface area contributed by atoms with E-state index in [1.165, 1.54) is 11.1 Å². The molecule has 0 fully saturated rings. The lowest BCUT2D eigenvalue weighted by atomic mass is 9.93. The molecule has 0 N–H and O–H groups in total. The zero-order chi connectivity index (χ0) is 50.3. The molecule has 0 aliphatic carbocycles. The minimum Gasteiger partial charge on any atom is -0.497 e. The zero-order valence-electron chi connectivity index (χ0n) is 42.0. The molecule has 10 aromatic carbocycles. The van der Waals surface area contributed by atoms with Crippen molar-refractivity contribution >= 4 is 51.2 Å². The third kappa shape index (κ3) is 10.5. The highest BCUT2D eigenvalue weighted by molar-refractivity contribution is 5.86. The Bertz CT molecular complexity index is 3190. The van der Waals surface area contributed by atoms with E-state index in [-0.39, 0.29) is 0 Å². The molecular formula is C66H57N3O4. The summed E-state index contributed by atoms with van der Waals surface area (Å²) in [6.07, 6.45) is 0. The molecule has 0 spiro atoms. The Labute approximate surface area is 429 Å². The molecule has 10 aromatic rings. The molecule has 0 aliphatic heterocycles. The average Bonchev–Trinajstić information content (AvgIpc) is 3.45. The van der Waals surface area contributed by atoms with Gasteiger partial charge in [0.1, 0.15) is 23.0 Å². The fourth-order valence-electron chi connectivity index (χ4n) is 9.19. The van der Waals surface area contributed by atoms with Crippen LogP contribution in [-0.2, 0) is 0 Å². The summed E-state index contributed by atoms with van der Waals surface area (Å²) < 4.78 is 22.1. The standard InChI is InChI=1S/C66H57N3O4/c1-46-7-17-54(18-8-46)67(59-27-35-63(70-3)36-28-59)56-21-11-48(12-22-56)51-43-52(49-13-23-57(24-14-49)68(55-19-9-47(2)10-20-55)60-29-37-64(71-4)38-30-60)45-53(44-51)50-15-25-58(26-16-50)69(61-31-39-65(72-5)40-32-61)62-33-41-66(73-6)42-34-62/h7-45H,1-6H3. The zero-order valence-corrected chi connectivity index (χ0v) is 42.0. The largest absolute Gasteiger partial charge is 0.497 e. The van der Waals surface area contributed by atoms with Crippen LogP contribution in [-0.4, -0.2) is 28.4 Å². The van der Waals surface area contributed by atoms with Crippen molar-refractivity contribution in [3.05, 3.63) is 248 Å². The highest BCUT2D eigenvalue weighted by atomic mass is 16.5. The van der Waals surface area contributed by atoms with Crippen LogP contribution in [0.5, 0.6) is 23.0 Å². The van der Waals surface area contributed by atoms with E-state index in [2.05, 4.69) is 217 Å². The van der Waals surface area contributed by atoms with Gasteiger partial charge in [0, 0.05) is 51.2 Å². The van der Waals surface area contributed by atoms with Gasteiger partial charge in [-0.15, -0.1) is 0 Å². The van der Waals surface area contributed by atoms with Gasteiger partial charge >= 0.3 is 0 Å². The third-order valence-corrected chi connectivity index (χ3v) is 13.2. The van der Waals surface area contributed by atoms with Gasteiger partial charge < -0.3 is 33.6 Å². The van der Waals surface area contributed by atoms with Gasteiger partial charge in [-0.1, -0.05) is 71.8 Å². The molecule has 7 heteroatoms. The van der Waals surface area contributed by atoms with Crippen LogP contribution in [0.1, 0.15) is 11.1 Å². The predicted octanol–water partition coefficient (Wildman–Crippen LogP) is 17.7. The molecule has 0 heterocycles. The van der Waals surface area contributed by atoms with E-state index < -0.39 is 0 Å². The summed E-state index contributed by atoms with van der Waals surface area (Å²) in [5.41, 5.74) is 18.4. The van der Waals surface area contributed by atoms with Crippen LogP contribution in [0.15, 0.2) is 237 Å².